The molecule has 0 aromatic carbocycles. The van der Waals surface area contributed by atoms with Gasteiger partial charge >= 0.3 is 13.5 Å². The van der Waals surface area contributed by atoms with Gasteiger partial charge in [-0.2, -0.15) is 0 Å². The van der Waals surface area contributed by atoms with E-state index in [1.165, 1.54) is 0 Å². The Kier molecular flexibility index (Phi) is 5.04. The van der Waals surface area contributed by atoms with E-state index in [1.807, 2.05) is 4.98 Å². The van der Waals surface area contributed by atoms with Gasteiger partial charge in [0.1, 0.15) is 18.3 Å². The Morgan fingerprint density at radius 2 is 2.00 bits per heavy atom. The minimum absolute atomic E-state index is 0.658. The van der Waals surface area contributed by atoms with Crippen molar-refractivity contribution in [3.63, 3.8) is 0 Å². The number of aromatic amines is 1. The third-order valence-corrected chi connectivity index (χ3v) is 4.40. The SMILES string of the molecule is O=c1ccn([C@@H]2O[C@H](C(Br)OP(=O)(O)O)[C@@H](O)[C@H]2O)c(=O)[nH]1. The van der Waals surface area contributed by atoms with Gasteiger partial charge in [0.2, 0.25) is 0 Å². The third kappa shape index (κ3) is 3.73. The van der Waals surface area contributed by atoms with E-state index in [9.17, 15) is 24.4 Å². The summed E-state index contributed by atoms with van der Waals surface area (Å²) >= 11 is 2.78. The highest BCUT2D eigenvalue weighted by molar-refractivity contribution is 9.09. The molecule has 0 saturated carbocycles. The second-order valence-corrected chi connectivity index (χ2v) is 6.53. The summed E-state index contributed by atoms with van der Waals surface area (Å²) in [5, 5.41) is 18.4. The van der Waals surface area contributed by atoms with Gasteiger partial charge in [-0.05, 0) is 0 Å². The molecule has 2 heterocycles. The van der Waals surface area contributed by atoms with E-state index in [1.54, 1.807) is 0 Å². The summed E-state index contributed by atoms with van der Waals surface area (Å²) in [5.74, 6) is 0. The van der Waals surface area contributed by atoms with Crippen molar-refractivity contribution in [2.24, 2.45) is 0 Å². The molecule has 1 aromatic heterocycles. The average molecular weight is 403 g/mol. The molecule has 0 amide bonds. The van der Waals surface area contributed by atoms with Crippen LogP contribution in [0.3, 0.4) is 0 Å². The largest absolute Gasteiger partial charge is 0.470 e. The van der Waals surface area contributed by atoms with Crippen molar-refractivity contribution in [3.8, 4) is 0 Å². The average Bonchev–Trinajstić information content (AvgIpc) is 2.65. The molecule has 0 radical (unpaired) electrons. The Balaban J connectivity index is 2.25. The Morgan fingerprint density at radius 3 is 2.55 bits per heavy atom. The molecule has 0 aliphatic carbocycles. The lowest BCUT2D eigenvalue weighted by Crippen LogP contribution is -2.38. The number of H-pyrrole nitrogens is 1. The van der Waals surface area contributed by atoms with Gasteiger partial charge in [0.25, 0.3) is 5.56 Å². The minimum atomic E-state index is -4.86. The first-order valence-electron chi connectivity index (χ1n) is 5.81. The first kappa shape index (κ1) is 17.5. The van der Waals surface area contributed by atoms with Crippen LogP contribution < -0.4 is 11.2 Å². The maximum Gasteiger partial charge on any atom is 0.470 e. The highest BCUT2D eigenvalue weighted by Gasteiger charge is 2.48. The van der Waals surface area contributed by atoms with Gasteiger partial charge in [0.05, 0.1) is 0 Å². The zero-order valence-corrected chi connectivity index (χ0v) is 13.1. The number of aliphatic hydroxyl groups excluding tert-OH is 2. The zero-order chi connectivity index (χ0) is 16.7. The van der Waals surface area contributed by atoms with Crippen LogP contribution in [0.4, 0.5) is 0 Å². The number of nitrogens with zero attached hydrogens (tertiary/aromatic N) is 1. The molecule has 0 bridgehead atoms. The van der Waals surface area contributed by atoms with Crippen molar-refractivity contribution < 1.29 is 33.8 Å². The topological polar surface area (TPSA) is 171 Å². The fourth-order valence-corrected chi connectivity index (χ4v) is 3.42. The van der Waals surface area contributed by atoms with Crippen LogP contribution in [0.15, 0.2) is 21.9 Å². The van der Waals surface area contributed by atoms with E-state index in [0.717, 1.165) is 16.8 Å². The molecule has 5 atom stereocenters. The summed E-state index contributed by atoms with van der Waals surface area (Å²) in [5.41, 5.74) is -1.54. The van der Waals surface area contributed by atoms with Crippen molar-refractivity contribution in [3.05, 3.63) is 33.1 Å². The summed E-state index contributed by atoms with van der Waals surface area (Å²) in [6.45, 7) is 0. The molecule has 1 saturated heterocycles. The monoisotopic (exact) mass is 402 g/mol. The van der Waals surface area contributed by atoms with Crippen molar-refractivity contribution >= 4 is 23.8 Å². The predicted molar refractivity (Wildman–Crippen MR) is 73.1 cm³/mol. The van der Waals surface area contributed by atoms with Gasteiger partial charge in [-0.1, -0.05) is 15.9 Å². The van der Waals surface area contributed by atoms with Crippen LogP contribution >= 0.6 is 23.8 Å². The number of halogens is 1. The summed E-state index contributed by atoms with van der Waals surface area (Å²) in [6.07, 6.45) is -4.87. The van der Waals surface area contributed by atoms with Crippen LogP contribution in [0.25, 0.3) is 0 Å². The summed E-state index contributed by atoms with van der Waals surface area (Å²) < 4.78 is 21.1. The molecule has 1 unspecified atom stereocenters. The number of phosphoric acid groups is 1. The predicted octanol–water partition coefficient (Wildman–Crippen LogP) is -2.01. The van der Waals surface area contributed by atoms with Gasteiger partial charge in [0, 0.05) is 12.3 Å². The minimum Gasteiger partial charge on any atom is -0.387 e. The molecule has 22 heavy (non-hydrogen) atoms. The number of rotatable bonds is 4. The van der Waals surface area contributed by atoms with Crippen LogP contribution in [-0.2, 0) is 13.8 Å². The second-order valence-electron chi connectivity index (χ2n) is 4.44. The standard InChI is InChI=1S/C9H12BrN2O9P/c10-7(21-22(17,18)19)6-4(14)5(15)8(20-6)12-2-1-3(13)11-9(12)16/h1-2,4-8,14-15H,(H,11,13,16)(H2,17,18,19)/t4-,5+,6-,7?,8+/m0/s1. The number of aliphatic hydroxyl groups is 2. The molecule has 1 aliphatic rings. The number of ether oxygens (including phenoxy) is 1. The van der Waals surface area contributed by atoms with Gasteiger partial charge < -0.3 is 24.7 Å². The Hall–Kier alpha value is -0.850. The quantitative estimate of drug-likeness (QED) is 0.281. The smallest absolute Gasteiger partial charge is 0.387 e. The third-order valence-electron chi connectivity index (χ3n) is 2.90. The first-order valence-corrected chi connectivity index (χ1v) is 8.26. The maximum atomic E-state index is 11.7. The van der Waals surface area contributed by atoms with Crippen molar-refractivity contribution in [2.75, 3.05) is 0 Å². The zero-order valence-electron chi connectivity index (χ0n) is 10.6. The molecule has 2 rings (SSSR count). The molecule has 13 heteroatoms. The van der Waals surface area contributed by atoms with Crippen LogP contribution in [0.1, 0.15) is 6.23 Å². The molecule has 1 aromatic rings. The van der Waals surface area contributed by atoms with Crippen LogP contribution in [-0.4, -0.2) is 52.9 Å². The molecular formula is C9H12BrN2O9P. The normalized spacial score (nSPS) is 30.4. The Labute approximate surface area is 130 Å². The van der Waals surface area contributed by atoms with Crippen molar-refractivity contribution in [1.29, 1.82) is 0 Å². The number of aromatic nitrogens is 2. The highest BCUT2D eigenvalue weighted by Crippen LogP contribution is 2.43. The van der Waals surface area contributed by atoms with Gasteiger partial charge in [-0.15, -0.1) is 0 Å². The molecule has 5 N–H and O–H groups in total. The van der Waals surface area contributed by atoms with Gasteiger partial charge in [-0.3, -0.25) is 18.9 Å². The highest BCUT2D eigenvalue weighted by atomic mass is 79.9. The van der Waals surface area contributed by atoms with Crippen LogP contribution in [0.5, 0.6) is 0 Å². The number of phosphoric ester groups is 1. The fourth-order valence-electron chi connectivity index (χ4n) is 1.95. The molecular weight excluding hydrogens is 391 g/mol. The van der Waals surface area contributed by atoms with E-state index in [4.69, 9.17) is 14.5 Å². The lowest BCUT2D eigenvalue weighted by molar-refractivity contribution is -0.0604. The summed E-state index contributed by atoms with van der Waals surface area (Å²) in [7, 11) is -4.86. The first-order chi connectivity index (χ1) is 10.1. The molecule has 124 valence electrons. The van der Waals surface area contributed by atoms with Gasteiger partial charge in [-0.25, -0.2) is 9.36 Å². The van der Waals surface area contributed by atoms with Crippen LogP contribution in [0.2, 0.25) is 0 Å². The lowest BCUT2D eigenvalue weighted by atomic mass is 10.1. The van der Waals surface area contributed by atoms with E-state index in [-0.39, 0.29) is 0 Å². The number of nitrogens with one attached hydrogen (secondary N) is 1. The number of alkyl halides is 1. The maximum absolute atomic E-state index is 11.7. The van der Waals surface area contributed by atoms with Gasteiger partial charge in [0.15, 0.2) is 11.2 Å². The van der Waals surface area contributed by atoms with Crippen LogP contribution in [0, 0.1) is 0 Å². The molecule has 11 nitrogen and oxygen atoms in total. The summed E-state index contributed by atoms with van der Waals surface area (Å²) in [6, 6.07) is 1.01. The summed E-state index contributed by atoms with van der Waals surface area (Å²) in [4.78, 5) is 42.0. The van der Waals surface area contributed by atoms with Crippen molar-refractivity contribution in [1.82, 2.24) is 9.55 Å². The number of hydrogen-bond acceptors (Lipinski definition) is 7. The van der Waals surface area contributed by atoms with E-state index >= 15 is 0 Å². The Bertz CT molecular complexity index is 699. The fraction of sp³-hybridized carbons (Fsp3) is 0.556. The van der Waals surface area contributed by atoms with E-state index < -0.39 is 48.6 Å². The lowest BCUT2D eigenvalue weighted by Gasteiger charge is -2.20. The molecule has 0 spiro atoms. The van der Waals surface area contributed by atoms with E-state index in [2.05, 4.69) is 20.5 Å². The van der Waals surface area contributed by atoms with E-state index in [0.29, 0.717) is 0 Å². The Morgan fingerprint density at radius 1 is 1.36 bits per heavy atom. The van der Waals surface area contributed by atoms with Crippen molar-refractivity contribution in [2.45, 2.75) is 29.6 Å². The molecule has 1 aliphatic heterocycles. The second kappa shape index (κ2) is 6.34. The number of hydrogen-bond donors (Lipinski definition) is 5. The molecule has 1 fully saturated rings.